The van der Waals surface area contributed by atoms with Crippen molar-refractivity contribution in [3.63, 3.8) is 0 Å². The average molecular weight is 278 g/mol. The van der Waals surface area contributed by atoms with E-state index in [1.54, 1.807) is 6.07 Å². The molecule has 3 heteroatoms. The first-order valence-electron chi connectivity index (χ1n) is 7.78. The molecule has 1 aromatic carbocycles. The first-order valence-corrected chi connectivity index (χ1v) is 7.78. The van der Waals surface area contributed by atoms with Crippen LogP contribution in [0.4, 0.5) is 4.39 Å². The number of nitrogens with one attached hydrogen (secondary N) is 1. The fourth-order valence-electron chi connectivity index (χ4n) is 2.86. The van der Waals surface area contributed by atoms with Gasteiger partial charge in [0.15, 0.2) is 0 Å². The van der Waals surface area contributed by atoms with Gasteiger partial charge in [0, 0.05) is 25.2 Å². The van der Waals surface area contributed by atoms with Crippen LogP contribution in [0.25, 0.3) is 0 Å². The number of rotatable bonds is 5. The molecule has 1 unspecified atom stereocenters. The molecule has 1 aromatic rings. The van der Waals surface area contributed by atoms with E-state index >= 15 is 0 Å². The van der Waals surface area contributed by atoms with Gasteiger partial charge in [-0.15, -0.1) is 0 Å². The lowest BCUT2D eigenvalue weighted by Crippen LogP contribution is -2.45. The van der Waals surface area contributed by atoms with E-state index < -0.39 is 0 Å². The lowest BCUT2D eigenvalue weighted by Gasteiger charge is -2.33. The SMILES string of the molecule is Cc1cc(CN(CC2CCCCN2)C(C)C)ccc1F. The average Bonchev–Trinajstić information content (AvgIpc) is 2.43. The molecule has 0 spiro atoms. The Hall–Kier alpha value is -0.930. The van der Waals surface area contributed by atoms with Crippen LogP contribution in [-0.4, -0.2) is 30.1 Å². The monoisotopic (exact) mass is 278 g/mol. The summed E-state index contributed by atoms with van der Waals surface area (Å²) in [6.07, 6.45) is 3.90. The summed E-state index contributed by atoms with van der Waals surface area (Å²) in [4.78, 5) is 2.48. The number of halogens is 1. The highest BCUT2D eigenvalue weighted by molar-refractivity contribution is 5.23. The van der Waals surface area contributed by atoms with Crippen LogP contribution < -0.4 is 5.32 Å². The molecule has 20 heavy (non-hydrogen) atoms. The topological polar surface area (TPSA) is 15.3 Å². The normalized spacial score (nSPS) is 19.8. The molecule has 0 radical (unpaired) electrons. The summed E-state index contributed by atoms with van der Waals surface area (Å²) >= 11 is 0. The number of aryl methyl sites for hydroxylation is 1. The third-order valence-corrected chi connectivity index (χ3v) is 4.21. The summed E-state index contributed by atoms with van der Waals surface area (Å²) in [7, 11) is 0. The van der Waals surface area contributed by atoms with Crippen molar-refractivity contribution in [1.29, 1.82) is 0 Å². The van der Waals surface area contributed by atoms with E-state index in [0.29, 0.717) is 12.1 Å². The highest BCUT2D eigenvalue weighted by Crippen LogP contribution is 2.15. The molecular weight excluding hydrogens is 251 g/mol. The van der Waals surface area contributed by atoms with Crippen molar-refractivity contribution >= 4 is 0 Å². The van der Waals surface area contributed by atoms with Gasteiger partial charge in [0.05, 0.1) is 0 Å². The summed E-state index contributed by atoms with van der Waals surface area (Å²) in [5.41, 5.74) is 1.94. The molecule has 1 saturated heterocycles. The Bertz CT molecular complexity index is 425. The third-order valence-electron chi connectivity index (χ3n) is 4.21. The molecule has 0 bridgehead atoms. The van der Waals surface area contributed by atoms with Crippen molar-refractivity contribution in [2.45, 2.75) is 58.7 Å². The van der Waals surface area contributed by atoms with Crippen LogP contribution in [0.15, 0.2) is 18.2 Å². The van der Waals surface area contributed by atoms with Crippen molar-refractivity contribution in [3.8, 4) is 0 Å². The predicted molar refractivity (Wildman–Crippen MR) is 82.3 cm³/mol. The molecule has 0 aliphatic carbocycles. The largest absolute Gasteiger partial charge is 0.313 e. The molecule has 112 valence electrons. The highest BCUT2D eigenvalue weighted by atomic mass is 19.1. The van der Waals surface area contributed by atoms with E-state index in [0.717, 1.165) is 25.2 Å². The van der Waals surface area contributed by atoms with Gasteiger partial charge in [0.2, 0.25) is 0 Å². The second-order valence-corrected chi connectivity index (χ2v) is 6.25. The maximum absolute atomic E-state index is 13.3. The maximum atomic E-state index is 13.3. The van der Waals surface area contributed by atoms with Gasteiger partial charge >= 0.3 is 0 Å². The quantitative estimate of drug-likeness (QED) is 0.887. The number of hydrogen-bond donors (Lipinski definition) is 1. The molecule has 1 aliphatic rings. The van der Waals surface area contributed by atoms with E-state index in [4.69, 9.17) is 0 Å². The molecule has 2 nitrogen and oxygen atoms in total. The van der Waals surface area contributed by atoms with Gasteiger partial charge in [-0.25, -0.2) is 4.39 Å². The standard InChI is InChI=1S/C17H27FN2/c1-13(2)20(12-16-6-4-5-9-19-16)11-15-7-8-17(18)14(3)10-15/h7-8,10,13,16,19H,4-6,9,11-12H2,1-3H3. The Morgan fingerprint density at radius 3 is 2.75 bits per heavy atom. The Morgan fingerprint density at radius 2 is 2.15 bits per heavy atom. The Balaban J connectivity index is 1.99. The van der Waals surface area contributed by atoms with Crippen molar-refractivity contribution < 1.29 is 4.39 Å². The minimum Gasteiger partial charge on any atom is -0.313 e. The van der Waals surface area contributed by atoms with Gasteiger partial charge in [0.1, 0.15) is 5.82 Å². The van der Waals surface area contributed by atoms with Crippen molar-refractivity contribution in [2.75, 3.05) is 13.1 Å². The van der Waals surface area contributed by atoms with Gasteiger partial charge in [0.25, 0.3) is 0 Å². The fraction of sp³-hybridized carbons (Fsp3) is 0.647. The molecule has 0 amide bonds. The second-order valence-electron chi connectivity index (χ2n) is 6.25. The fourth-order valence-corrected chi connectivity index (χ4v) is 2.86. The van der Waals surface area contributed by atoms with Crippen LogP contribution in [0.2, 0.25) is 0 Å². The van der Waals surface area contributed by atoms with Gasteiger partial charge in [-0.1, -0.05) is 18.6 Å². The summed E-state index contributed by atoms with van der Waals surface area (Å²) in [5, 5.41) is 3.61. The smallest absolute Gasteiger partial charge is 0.126 e. The van der Waals surface area contributed by atoms with Gasteiger partial charge in [-0.3, -0.25) is 4.90 Å². The summed E-state index contributed by atoms with van der Waals surface area (Å²) in [6.45, 7) is 9.43. The van der Waals surface area contributed by atoms with Crippen LogP contribution in [0.3, 0.4) is 0 Å². The number of piperidine rings is 1. The molecule has 1 N–H and O–H groups in total. The van der Waals surface area contributed by atoms with E-state index in [-0.39, 0.29) is 5.82 Å². The van der Waals surface area contributed by atoms with E-state index in [2.05, 4.69) is 24.1 Å². The van der Waals surface area contributed by atoms with Crippen LogP contribution >= 0.6 is 0 Å². The summed E-state index contributed by atoms with van der Waals surface area (Å²) in [5.74, 6) is -0.112. The molecule has 0 saturated carbocycles. The molecule has 1 atom stereocenters. The Morgan fingerprint density at radius 1 is 1.35 bits per heavy atom. The number of hydrogen-bond acceptors (Lipinski definition) is 2. The van der Waals surface area contributed by atoms with Gasteiger partial charge < -0.3 is 5.32 Å². The van der Waals surface area contributed by atoms with Crippen LogP contribution in [0, 0.1) is 12.7 Å². The zero-order valence-corrected chi connectivity index (χ0v) is 13.0. The maximum Gasteiger partial charge on any atom is 0.126 e. The summed E-state index contributed by atoms with van der Waals surface area (Å²) in [6, 6.07) is 6.57. The van der Waals surface area contributed by atoms with Crippen molar-refractivity contribution in [1.82, 2.24) is 10.2 Å². The zero-order valence-electron chi connectivity index (χ0n) is 13.0. The molecule has 1 aliphatic heterocycles. The van der Waals surface area contributed by atoms with Crippen molar-refractivity contribution in [2.24, 2.45) is 0 Å². The molecule has 0 aromatic heterocycles. The molecule has 1 fully saturated rings. The van der Waals surface area contributed by atoms with E-state index in [1.165, 1.54) is 24.8 Å². The minimum atomic E-state index is -0.112. The minimum absolute atomic E-state index is 0.112. The van der Waals surface area contributed by atoms with Crippen molar-refractivity contribution in [3.05, 3.63) is 35.1 Å². The van der Waals surface area contributed by atoms with Crippen LogP contribution in [0.5, 0.6) is 0 Å². The first kappa shape index (κ1) is 15.5. The van der Waals surface area contributed by atoms with E-state index in [1.807, 2.05) is 19.1 Å². The van der Waals surface area contributed by atoms with E-state index in [9.17, 15) is 4.39 Å². The lowest BCUT2D eigenvalue weighted by atomic mass is 10.0. The second kappa shape index (κ2) is 7.19. The molecule has 1 heterocycles. The molecular formula is C17H27FN2. The lowest BCUT2D eigenvalue weighted by molar-refractivity contribution is 0.177. The Labute approximate surface area is 122 Å². The molecule has 2 rings (SSSR count). The van der Waals surface area contributed by atoms with Crippen LogP contribution in [-0.2, 0) is 6.54 Å². The predicted octanol–water partition coefficient (Wildman–Crippen LogP) is 3.49. The summed E-state index contributed by atoms with van der Waals surface area (Å²) < 4.78 is 13.3. The third kappa shape index (κ3) is 4.29. The highest BCUT2D eigenvalue weighted by Gasteiger charge is 2.18. The number of benzene rings is 1. The number of nitrogens with zero attached hydrogens (tertiary/aromatic N) is 1. The van der Waals surface area contributed by atoms with Gasteiger partial charge in [-0.05, 0) is 57.4 Å². The Kier molecular flexibility index (Phi) is 5.55. The van der Waals surface area contributed by atoms with Gasteiger partial charge in [-0.2, -0.15) is 0 Å². The zero-order chi connectivity index (χ0) is 14.5. The first-order chi connectivity index (χ1) is 9.56. The van der Waals surface area contributed by atoms with Crippen LogP contribution in [0.1, 0.15) is 44.2 Å².